The molecular formula is C15H11F3N2O2S. The molecule has 0 amide bonds. The number of nitrogens with zero attached hydrogens (tertiary/aromatic N) is 1. The highest BCUT2D eigenvalue weighted by molar-refractivity contribution is 7.81. The number of anilines is 1. The Balaban J connectivity index is 2.23. The molecule has 4 nitrogen and oxygen atoms in total. The number of hydrogen-bond acceptors (Lipinski definition) is 3. The van der Waals surface area contributed by atoms with Gasteiger partial charge in [0.2, 0.25) is 0 Å². The van der Waals surface area contributed by atoms with E-state index in [1.54, 1.807) is 13.0 Å². The number of nitro groups is 1. The zero-order valence-electron chi connectivity index (χ0n) is 11.8. The summed E-state index contributed by atoms with van der Waals surface area (Å²) in [5.74, 6) is 0. The van der Waals surface area contributed by atoms with Crippen LogP contribution in [0.3, 0.4) is 0 Å². The van der Waals surface area contributed by atoms with Crippen molar-refractivity contribution in [3.63, 3.8) is 0 Å². The van der Waals surface area contributed by atoms with Crippen molar-refractivity contribution < 1.29 is 18.1 Å². The lowest BCUT2D eigenvalue weighted by Gasteiger charge is -2.12. The van der Waals surface area contributed by atoms with Crippen LogP contribution in [0.1, 0.15) is 16.7 Å². The number of alkyl halides is 3. The minimum atomic E-state index is -4.41. The van der Waals surface area contributed by atoms with Gasteiger partial charge in [-0.2, -0.15) is 13.2 Å². The summed E-state index contributed by atoms with van der Waals surface area (Å²) >= 11 is 5.15. The van der Waals surface area contributed by atoms with Crippen LogP contribution in [-0.2, 0) is 6.18 Å². The summed E-state index contributed by atoms with van der Waals surface area (Å²) in [7, 11) is 0. The van der Waals surface area contributed by atoms with Gasteiger partial charge < -0.3 is 5.32 Å². The molecule has 2 aromatic rings. The molecule has 0 atom stereocenters. The highest BCUT2D eigenvalue weighted by Crippen LogP contribution is 2.29. The van der Waals surface area contributed by atoms with Crippen molar-refractivity contribution in [2.45, 2.75) is 13.1 Å². The van der Waals surface area contributed by atoms with Gasteiger partial charge in [-0.15, -0.1) is 0 Å². The quantitative estimate of drug-likeness (QED) is 0.499. The van der Waals surface area contributed by atoms with Crippen molar-refractivity contribution >= 4 is 28.6 Å². The number of benzene rings is 2. The molecule has 120 valence electrons. The number of hydrogen-bond donors (Lipinski definition) is 1. The largest absolute Gasteiger partial charge is 0.416 e. The molecule has 0 aliphatic heterocycles. The van der Waals surface area contributed by atoms with Gasteiger partial charge in [0.05, 0.1) is 16.1 Å². The normalized spacial score (nSPS) is 11.1. The summed E-state index contributed by atoms with van der Waals surface area (Å²) in [6.45, 7) is 1.57. The van der Waals surface area contributed by atoms with E-state index in [1.165, 1.54) is 24.3 Å². The Kier molecular flexibility index (Phi) is 4.65. The fraction of sp³-hybridized carbons (Fsp3) is 0.133. The number of nitrogens with one attached hydrogen (secondary N) is 1. The lowest BCUT2D eigenvalue weighted by Crippen LogP contribution is -2.13. The predicted molar refractivity (Wildman–Crippen MR) is 84.6 cm³/mol. The standard InChI is InChI=1S/C15H11F3N2O2S/c1-9-12(3-2-4-13(9)20(21)22)19-14(23)10-5-7-11(8-6-10)15(16,17)18/h2-8H,1H3,(H,19,23). The zero-order chi connectivity index (χ0) is 17.2. The molecule has 2 rings (SSSR count). The molecule has 0 saturated heterocycles. The molecule has 0 saturated carbocycles. The number of nitro benzene ring substituents is 1. The monoisotopic (exact) mass is 340 g/mol. The Hall–Kier alpha value is -2.48. The van der Waals surface area contributed by atoms with Crippen LogP contribution >= 0.6 is 12.2 Å². The molecule has 0 aliphatic rings. The van der Waals surface area contributed by atoms with Gasteiger partial charge in [-0.05, 0) is 25.1 Å². The van der Waals surface area contributed by atoms with Crippen molar-refractivity contribution in [2.75, 3.05) is 5.32 Å². The number of rotatable bonds is 3. The molecular weight excluding hydrogens is 329 g/mol. The van der Waals surface area contributed by atoms with E-state index in [9.17, 15) is 23.3 Å². The van der Waals surface area contributed by atoms with Crippen molar-refractivity contribution in [2.24, 2.45) is 0 Å². The molecule has 2 aromatic carbocycles. The van der Waals surface area contributed by atoms with Crippen molar-refractivity contribution in [3.05, 3.63) is 69.3 Å². The first-order valence-electron chi connectivity index (χ1n) is 6.43. The molecule has 23 heavy (non-hydrogen) atoms. The van der Waals surface area contributed by atoms with E-state index in [0.29, 0.717) is 16.8 Å². The van der Waals surface area contributed by atoms with Gasteiger partial charge in [0, 0.05) is 17.3 Å². The first-order chi connectivity index (χ1) is 10.7. The van der Waals surface area contributed by atoms with Gasteiger partial charge in [0.25, 0.3) is 5.69 Å². The van der Waals surface area contributed by atoms with Crippen LogP contribution < -0.4 is 5.32 Å². The van der Waals surface area contributed by atoms with Gasteiger partial charge in [-0.3, -0.25) is 10.1 Å². The Bertz CT molecular complexity index is 758. The summed E-state index contributed by atoms with van der Waals surface area (Å²) in [6, 6.07) is 8.85. The van der Waals surface area contributed by atoms with E-state index in [0.717, 1.165) is 12.1 Å². The lowest BCUT2D eigenvalue weighted by atomic mass is 10.1. The smallest absolute Gasteiger partial charge is 0.346 e. The Morgan fingerprint density at radius 1 is 1.17 bits per heavy atom. The average Bonchev–Trinajstić information content (AvgIpc) is 2.48. The second-order valence-corrected chi connectivity index (χ2v) is 5.14. The predicted octanol–water partition coefficient (Wildman–Crippen LogP) is 4.71. The third-order valence-corrected chi connectivity index (χ3v) is 3.56. The van der Waals surface area contributed by atoms with E-state index in [4.69, 9.17) is 12.2 Å². The summed E-state index contributed by atoms with van der Waals surface area (Å²) in [5, 5.41) is 13.7. The van der Waals surface area contributed by atoms with E-state index in [1.807, 2.05) is 0 Å². The zero-order valence-corrected chi connectivity index (χ0v) is 12.7. The molecule has 0 bridgehead atoms. The van der Waals surface area contributed by atoms with Gasteiger partial charge in [-0.1, -0.05) is 30.4 Å². The molecule has 0 fully saturated rings. The molecule has 0 aromatic heterocycles. The van der Waals surface area contributed by atoms with Crippen LogP contribution in [0.15, 0.2) is 42.5 Å². The molecule has 0 heterocycles. The van der Waals surface area contributed by atoms with E-state index < -0.39 is 16.7 Å². The summed E-state index contributed by atoms with van der Waals surface area (Å²) < 4.78 is 37.6. The highest BCUT2D eigenvalue weighted by Gasteiger charge is 2.30. The topological polar surface area (TPSA) is 55.2 Å². The molecule has 0 unspecified atom stereocenters. The molecule has 1 N–H and O–H groups in total. The fourth-order valence-corrected chi connectivity index (χ4v) is 2.21. The van der Waals surface area contributed by atoms with Crippen LogP contribution in [-0.4, -0.2) is 9.91 Å². The first kappa shape index (κ1) is 16.9. The molecule has 0 spiro atoms. The van der Waals surface area contributed by atoms with Crippen molar-refractivity contribution in [1.82, 2.24) is 0 Å². The molecule has 0 aliphatic carbocycles. The van der Waals surface area contributed by atoms with Gasteiger partial charge in [0.15, 0.2) is 0 Å². The molecule has 8 heteroatoms. The van der Waals surface area contributed by atoms with Crippen LogP contribution in [0.2, 0.25) is 0 Å². The minimum Gasteiger partial charge on any atom is -0.346 e. The van der Waals surface area contributed by atoms with Crippen LogP contribution in [0.5, 0.6) is 0 Å². The van der Waals surface area contributed by atoms with E-state index in [2.05, 4.69) is 5.32 Å². The average molecular weight is 340 g/mol. The Morgan fingerprint density at radius 3 is 2.30 bits per heavy atom. The number of thiocarbonyl (C=S) groups is 1. The van der Waals surface area contributed by atoms with Crippen molar-refractivity contribution in [1.29, 1.82) is 0 Å². The van der Waals surface area contributed by atoms with Crippen LogP contribution in [0.4, 0.5) is 24.5 Å². The van der Waals surface area contributed by atoms with Gasteiger partial charge in [0.1, 0.15) is 4.99 Å². The number of halogens is 3. The van der Waals surface area contributed by atoms with E-state index in [-0.39, 0.29) is 10.7 Å². The lowest BCUT2D eigenvalue weighted by molar-refractivity contribution is -0.385. The minimum absolute atomic E-state index is 0.0646. The highest BCUT2D eigenvalue weighted by atomic mass is 32.1. The maximum atomic E-state index is 12.5. The summed E-state index contributed by atoms with van der Waals surface area (Å²) in [5.41, 5.74) is 0.385. The van der Waals surface area contributed by atoms with E-state index >= 15 is 0 Å². The third-order valence-electron chi connectivity index (χ3n) is 3.22. The van der Waals surface area contributed by atoms with Gasteiger partial charge >= 0.3 is 6.18 Å². The second kappa shape index (κ2) is 6.33. The van der Waals surface area contributed by atoms with Crippen molar-refractivity contribution in [3.8, 4) is 0 Å². The van der Waals surface area contributed by atoms with Crippen LogP contribution in [0.25, 0.3) is 0 Å². The Labute approximate surface area is 135 Å². The van der Waals surface area contributed by atoms with Crippen LogP contribution in [0, 0.1) is 17.0 Å². The second-order valence-electron chi connectivity index (χ2n) is 4.74. The third kappa shape index (κ3) is 3.84. The first-order valence-corrected chi connectivity index (χ1v) is 6.83. The summed E-state index contributed by atoms with van der Waals surface area (Å²) in [6.07, 6.45) is -4.41. The summed E-state index contributed by atoms with van der Waals surface area (Å²) in [4.78, 5) is 10.6. The molecule has 0 radical (unpaired) electrons. The maximum absolute atomic E-state index is 12.5. The Morgan fingerprint density at radius 2 is 1.78 bits per heavy atom. The SMILES string of the molecule is Cc1c(NC(=S)c2ccc(C(F)(F)F)cc2)cccc1[N+](=O)[O-]. The fourth-order valence-electron chi connectivity index (χ4n) is 1.96. The maximum Gasteiger partial charge on any atom is 0.416 e. The van der Waals surface area contributed by atoms with Gasteiger partial charge in [-0.25, -0.2) is 0 Å².